The molecule has 4 aromatic carbocycles. The Morgan fingerprint density at radius 3 is 1.28 bits per heavy atom. The van der Waals surface area contributed by atoms with E-state index in [4.69, 9.17) is 32.2 Å². The van der Waals surface area contributed by atoms with Crippen molar-refractivity contribution < 1.29 is 28.8 Å². The summed E-state index contributed by atoms with van der Waals surface area (Å²) in [6, 6.07) is 40.9. The van der Waals surface area contributed by atoms with Gasteiger partial charge in [-0.25, -0.2) is 39.9 Å². The van der Waals surface area contributed by atoms with Crippen LogP contribution in [0.2, 0.25) is 0 Å². The van der Waals surface area contributed by atoms with Gasteiger partial charge in [0.15, 0.2) is 0 Å². The number of carbonyl (C=O) groups excluding carboxylic acids is 6. The molecule has 1 aliphatic carbocycles. The summed E-state index contributed by atoms with van der Waals surface area (Å²) in [7, 11) is 3.94. The number of imidazole rings is 3. The quantitative estimate of drug-likeness (QED) is 0.0410. The van der Waals surface area contributed by atoms with Crippen molar-refractivity contribution >= 4 is 86.8 Å². The van der Waals surface area contributed by atoms with Gasteiger partial charge in [-0.1, -0.05) is 84.6 Å². The lowest BCUT2D eigenvalue weighted by atomic mass is 10.0. The third-order valence-corrected chi connectivity index (χ3v) is 19.6. The van der Waals surface area contributed by atoms with Crippen LogP contribution in [-0.2, 0) is 14.4 Å². The predicted molar refractivity (Wildman–Crippen MR) is 425 cm³/mol. The summed E-state index contributed by atoms with van der Waals surface area (Å²) < 4.78 is 5.77. The molecule has 111 heavy (non-hydrogen) atoms. The number of pyridine rings is 2. The van der Waals surface area contributed by atoms with E-state index in [2.05, 4.69) is 64.6 Å². The minimum Gasteiger partial charge on any atom is -0.382 e. The fourth-order valence-corrected chi connectivity index (χ4v) is 14.0. The Bertz CT molecular complexity index is 5610. The van der Waals surface area contributed by atoms with E-state index in [0.29, 0.717) is 117 Å². The number of nitrogens with zero attached hydrogens (tertiary/aromatic N) is 15. The summed E-state index contributed by atoms with van der Waals surface area (Å²) in [5.41, 5.74) is 27.6. The lowest BCUT2D eigenvalue weighted by Gasteiger charge is -2.34. The van der Waals surface area contributed by atoms with Gasteiger partial charge in [0.1, 0.15) is 80.2 Å². The van der Waals surface area contributed by atoms with E-state index in [1.165, 1.54) is 0 Å². The Balaban J connectivity index is 0.000000139. The van der Waals surface area contributed by atoms with Crippen molar-refractivity contribution in [1.82, 2.24) is 72.7 Å². The molecule has 11 heterocycles. The number of likely N-dealkylation sites (tertiary alicyclic amines) is 3. The number of benzene rings is 4. The summed E-state index contributed by atoms with van der Waals surface area (Å²) in [4.78, 5) is 120. The van der Waals surface area contributed by atoms with Crippen molar-refractivity contribution in [3.8, 4) is 57.5 Å². The van der Waals surface area contributed by atoms with Gasteiger partial charge < -0.3 is 52.8 Å². The van der Waals surface area contributed by atoms with Gasteiger partial charge in [0.25, 0.3) is 29.5 Å². The molecule has 0 bridgehead atoms. The van der Waals surface area contributed by atoms with E-state index < -0.39 is 0 Å². The average molecular weight is 1480 g/mol. The number of aromatic nitrogens is 11. The van der Waals surface area contributed by atoms with Crippen molar-refractivity contribution in [3.63, 3.8) is 0 Å². The van der Waals surface area contributed by atoms with Crippen molar-refractivity contribution in [3.05, 3.63) is 235 Å². The van der Waals surface area contributed by atoms with Crippen molar-refractivity contribution in [2.75, 3.05) is 73.4 Å². The lowest BCUT2D eigenvalue weighted by Crippen LogP contribution is -2.38. The fraction of sp³-hybridized carbons (Fsp3) is 0.238. The number of rotatable bonds is 15. The molecule has 3 saturated heterocycles. The van der Waals surface area contributed by atoms with E-state index in [1.807, 2.05) is 133 Å². The zero-order chi connectivity index (χ0) is 77.1. The molecule has 1 saturated carbocycles. The highest BCUT2D eigenvalue weighted by atomic mass is 16.2. The van der Waals surface area contributed by atoms with E-state index in [-0.39, 0.29) is 53.6 Å². The SMILES string of the molecule is CC#CC(=O)N1CCC[C@H]1c1nc(-c2ccc(C(=O)Nc3ccccn3)cc2)c2c(N)nccn12.CN(C)C/C=C/C(=O)N1CCCC[C@H]1c1nc(-c2ccc(C(=O)Nc3ccccc3)cc2)c2c(N)nccn12.Nc1nccn2c([C@@H]3CCCN3C(=O)C#CC3CC3)nc(-c3ccc(C(=O)Nc4ccccn4)cc3)c12. The number of anilines is 6. The number of hydrogen-bond donors (Lipinski definition) is 6. The minimum absolute atomic E-state index is 0.0179. The van der Waals surface area contributed by atoms with E-state index in [0.717, 1.165) is 91.8 Å². The number of fused-ring (bicyclic) bond motifs is 3. The summed E-state index contributed by atoms with van der Waals surface area (Å²) in [5.74, 6) is 14.7. The number of amides is 6. The molecule has 0 unspecified atom stereocenters. The van der Waals surface area contributed by atoms with Crippen LogP contribution in [0.1, 0.15) is 131 Å². The molecule has 6 amide bonds. The summed E-state index contributed by atoms with van der Waals surface area (Å²) in [6.07, 6.45) is 25.4. The van der Waals surface area contributed by atoms with Crippen LogP contribution in [0.3, 0.4) is 0 Å². The lowest BCUT2D eigenvalue weighted by molar-refractivity contribution is -0.130. The third kappa shape index (κ3) is 16.6. The van der Waals surface area contributed by atoms with Crippen LogP contribution < -0.4 is 33.2 Å². The smallest absolute Gasteiger partial charge is 0.299 e. The van der Waals surface area contributed by atoms with Crippen molar-refractivity contribution in [1.29, 1.82) is 0 Å². The zero-order valence-corrected chi connectivity index (χ0v) is 61.4. The highest BCUT2D eigenvalue weighted by Gasteiger charge is 2.37. The number of nitrogen functional groups attached to an aromatic ring is 3. The number of nitrogens with one attached hydrogen (secondary N) is 3. The van der Waals surface area contributed by atoms with Gasteiger partial charge in [0, 0.05) is 127 Å². The second-order valence-corrected chi connectivity index (χ2v) is 27.4. The summed E-state index contributed by atoms with van der Waals surface area (Å²) in [6.45, 7) is 4.30. The van der Waals surface area contributed by atoms with Crippen LogP contribution in [0.4, 0.5) is 34.8 Å². The Morgan fingerprint density at radius 1 is 0.459 bits per heavy atom. The van der Waals surface area contributed by atoms with Gasteiger partial charge in [0.05, 0.1) is 18.1 Å². The van der Waals surface area contributed by atoms with Gasteiger partial charge in [-0.15, -0.1) is 0 Å². The van der Waals surface area contributed by atoms with Gasteiger partial charge in [-0.3, -0.25) is 42.0 Å². The number of nitrogens with two attached hydrogens (primary N) is 3. The first-order chi connectivity index (χ1) is 54.1. The predicted octanol–water partition coefficient (Wildman–Crippen LogP) is 11.4. The molecule has 8 aromatic heterocycles. The Kier molecular flexibility index (Phi) is 22.3. The number of para-hydroxylation sites is 1. The molecular formula is C84H81N21O6. The minimum atomic E-state index is -0.260. The second-order valence-electron chi connectivity index (χ2n) is 27.4. The molecule has 558 valence electrons. The maximum absolute atomic E-state index is 13.2. The van der Waals surface area contributed by atoms with Gasteiger partial charge >= 0.3 is 0 Å². The Labute approximate surface area is 640 Å². The van der Waals surface area contributed by atoms with E-state index >= 15 is 0 Å². The maximum atomic E-state index is 13.2. The largest absolute Gasteiger partial charge is 0.382 e. The van der Waals surface area contributed by atoms with Gasteiger partial charge in [-0.05, 0) is 163 Å². The van der Waals surface area contributed by atoms with E-state index in [9.17, 15) is 28.8 Å². The Morgan fingerprint density at radius 2 is 0.865 bits per heavy atom. The molecule has 9 N–H and O–H groups in total. The molecule has 4 fully saturated rings. The van der Waals surface area contributed by atoms with Crippen molar-refractivity contribution in [2.45, 2.75) is 82.8 Å². The van der Waals surface area contributed by atoms with Gasteiger partial charge in [-0.2, -0.15) is 0 Å². The van der Waals surface area contributed by atoms with E-state index in [1.54, 1.807) is 122 Å². The molecular weight excluding hydrogens is 1400 g/mol. The number of likely N-dealkylation sites (N-methyl/N-ethyl adjacent to an activating group) is 1. The zero-order valence-electron chi connectivity index (χ0n) is 61.4. The molecule has 27 nitrogen and oxygen atoms in total. The highest BCUT2D eigenvalue weighted by Crippen LogP contribution is 2.41. The normalized spacial score (nSPS) is 15.9. The molecule has 3 atom stereocenters. The second kappa shape index (κ2) is 33.5. The van der Waals surface area contributed by atoms with Crippen LogP contribution in [0.25, 0.3) is 50.3 Å². The van der Waals surface area contributed by atoms with Crippen LogP contribution in [-0.4, -0.2) is 148 Å². The first-order valence-electron chi connectivity index (χ1n) is 36.7. The van der Waals surface area contributed by atoms with Crippen LogP contribution in [0.5, 0.6) is 0 Å². The third-order valence-electron chi connectivity index (χ3n) is 19.6. The molecule has 0 radical (unpaired) electrons. The highest BCUT2D eigenvalue weighted by molar-refractivity contribution is 6.06. The summed E-state index contributed by atoms with van der Waals surface area (Å²) >= 11 is 0. The fourth-order valence-electron chi connectivity index (χ4n) is 14.0. The monoisotopic (exact) mass is 1480 g/mol. The maximum Gasteiger partial charge on any atom is 0.299 e. The molecule has 4 aliphatic rings. The van der Waals surface area contributed by atoms with Gasteiger partial charge in [0.2, 0.25) is 5.91 Å². The topological polar surface area (TPSA) is 346 Å². The molecule has 12 aromatic rings. The Hall–Kier alpha value is -13.9. The number of carbonyl (C=O) groups is 6. The first-order valence-corrected chi connectivity index (χ1v) is 36.7. The van der Waals surface area contributed by atoms with Crippen LogP contribution >= 0.6 is 0 Å². The molecule has 3 aliphatic heterocycles. The molecule has 27 heteroatoms. The van der Waals surface area contributed by atoms with Crippen LogP contribution in [0, 0.1) is 29.6 Å². The van der Waals surface area contributed by atoms with Crippen molar-refractivity contribution in [2.24, 2.45) is 5.92 Å². The number of hydrogen-bond acceptors (Lipinski definition) is 18. The first kappa shape index (κ1) is 74.0. The summed E-state index contributed by atoms with van der Waals surface area (Å²) in [5, 5.41) is 8.47. The molecule has 16 rings (SSSR count). The number of piperidine rings is 1. The molecule has 0 spiro atoms. The van der Waals surface area contributed by atoms with Crippen LogP contribution in [0.15, 0.2) is 201 Å². The average Bonchev–Trinajstić information content (AvgIpc) is 1.62. The standard InChI is InChI=1S/C30H33N7O2.C28H25N7O2.C26H23N7O2/c1-35(2)18-8-12-25(38)36-19-7-6-11-24(36)29-34-26(27-28(31)32-17-20-37(27)29)21-13-15-22(16-14-21)30(39)33-23-9-4-3-5-10-23;29-26-25-24(19-9-11-20(12-10-19)28(37)32-22-5-1-2-14-30-22)33-27(35(25)17-15-31-26)21-4-3-16-34(21)23(36)13-8-18-6-7-18;1-2-6-21(34)32-15-5-7-19(32)25-31-22(23-24(27)29-14-16-33(23)25)17-9-11-18(12-10-17)26(35)30-20-8-3-4-13-28-20/h3-5,8-10,12-17,20,24H,6-7,11,18-19H2,1-2H3,(H2,31,32)(H,33,39);1-2,5,9-12,14-15,17-18,21H,3-4,6-7,16H2,(H2,29,31)(H,30,32,37);3-4,8-14,16,19H,5,7,15H2,1H3,(H2,27,29)(H,28,30,35)/b12-8+;;/t24-;21-;19-/m000/s1.